The molecule has 0 aliphatic rings. The van der Waals surface area contributed by atoms with E-state index in [0.29, 0.717) is 24.3 Å². The van der Waals surface area contributed by atoms with Crippen LogP contribution in [0.1, 0.15) is 38.5 Å². The summed E-state index contributed by atoms with van der Waals surface area (Å²) in [5.74, 6) is 0.715. The Bertz CT molecular complexity index is 565. The summed E-state index contributed by atoms with van der Waals surface area (Å²) < 4.78 is 10.4. The molecular formula is C20H22O4. The molecule has 24 heavy (non-hydrogen) atoms. The van der Waals surface area contributed by atoms with Gasteiger partial charge in [-0.05, 0) is 37.1 Å². The molecule has 0 aliphatic heterocycles. The summed E-state index contributed by atoms with van der Waals surface area (Å²) in [5, 5.41) is 0. The zero-order valence-corrected chi connectivity index (χ0v) is 13.6. The number of carbonyl (C=O) groups excluding carboxylic acids is 2. The van der Waals surface area contributed by atoms with Gasteiger partial charge in [0.2, 0.25) is 0 Å². The minimum absolute atomic E-state index is 0.218. The summed E-state index contributed by atoms with van der Waals surface area (Å²) in [5.41, 5.74) is 0. The molecule has 0 amide bonds. The fourth-order valence-corrected chi connectivity index (χ4v) is 2.23. The number of hydrogen-bond acceptors (Lipinski definition) is 4. The molecule has 0 saturated carbocycles. The molecule has 126 valence electrons. The predicted molar refractivity (Wildman–Crippen MR) is 91.9 cm³/mol. The summed E-state index contributed by atoms with van der Waals surface area (Å²) in [6.45, 7) is 0. The van der Waals surface area contributed by atoms with Crippen LogP contribution in [0.5, 0.6) is 11.5 Å². The van der Waals surface area contributed by atoms with Gasteiger partial charge in [-0.15, -0.1) is 0 Å². The van der Waals surface area contributed by atoms with Crippen LogP contribution >= 0.6 is 0 Å². The van der Waals surface area contributed by atoms with Crippen LogP contribution in [-0.4, -0.2) is 11.9 Å². The zero-order chi connectivity index (χ0) is 17.0. The van der Waals surface area contributed by atoms with Gasteiger partial charge in [-0.3, -0.25) is 9.59 Å². The van der Waals surface area contributed by atoms with Crippen molar-refractivity contribution in [3.8, 4) is 11.5 Å². The van der Waals surface area contributed by atoms with Crippen LogP contribution in [-0.2, 0) is 9.59 Å². The molecule has 0 saturated heterocycles. The molecule has 0 fully saturated rings. The van der Waals surface area contributed by atoms with Crippen LogP contribution in [0.25, 0.3) is 0 Å². The number of unbranched alkanes of at least 4 members (excludes halogenated alkanes) is 3. The second-order valence-electron chi connectivity index (χ2n) is 5.49. The van der Waals surface area contributed by atoms with Crippen LogP contribution < -0.4 is 9.47 Å². The van der Waals surface area contributed by atoms with Gasteiger partial charge in [0.1, 0.15) is 11.5 Å². The third kappa shape index (κ3) is 7.09. The molecule has 0 N–H and O–H groups in total. The third-order valence-corrected chi connectivity index (χ3v) is 3.46. The van der Waals surface area contributed by atoms with Gasteiger partial charge in [0.05, 0.1) is 0 Å². The average Bonchev–Trinajstić information content (AvgIpc) is 2.60. The van der Waals surface area contributed by atoms with E-state index in [4.69, 9.17) is 9.47 Å². The van der Waals surface area contributed by atoms with Crippen molar-refractivity contribution in [2.45, 2.75) is 38.5 Å². The number of para-hydroxylation sites is 2. The average molecular weight is 326 g/mol. The van der Waals surface area contributed by atoms with Crippen LogP contribution in [0, 0.1) is 0 Å². The van der Waals surface area contributed by atoms with E-state index in [-0.39, 0.29) is 11.9 Å². The Hall–Kier alpha value is -2.62. The molecule has 0 radical (unpaired) electrons. The Labute approximate surface area is 142 Å². The molecule has 4 heteroatoms. The van der Waals surface area contributed by atoms with E-state index in [1.807, 2.05) is 36.4 Å². The van der Waals surface area contributed by atoms with E-state index in [0.717, 1.165) is 25.7 Å². The SMILES string of the molecule is O=C(CCCCCCC(=O)Oc1ccccc1)Oc1ccccc1. The van der Waals surface area contributed by atoms with Crippen LogP contribution in [0.15, 0.2) is 60.7 Å². The third-order valence-electron chi connectivity index (χ3n) is 3.46. The molecule has 0 aromatic heterocycles. The van der Waals surface area contributed by atoms with Crippen molar-refractivity contribution >= 4 is 11.9 Å². The summed E-state index contributed by atoms with van der Waals surface area (Å²) in [6, 6.07) is 18.1. The Morgan fingerprint density at radius 2 is 0.958 bits per heavy atom. The van der Waals surface area contributed by atoms with E-state index in [2.05, 4.69) is 0 Å². The maximum absolute atomic E-state index is 11.7. The predicted octanol–water partition coefficient (Wildman–Crippen LogP) is 4.54. The quantitative estimate of drug-likeness (QED) is 0.386. The van der Waals surface area contributed by atoms with Gasteiger partial charge in [-0.25, -0.2) is 0 Å². The molecule has 2 aromatic carbocycles. The summed E-state index contributed by atoms with van der Waals surface area (Å²) in [6.07, 6.45) is 4.09. The van der Waals surface area contributed by atoms with Crippen molar-refractivity contribution < 1.29 is 19.1 Å². The summed E-state index contributed by atoms with van der Waals surface area (Å²) in [7, 11) is 0. The van der Waals surface area contributed by atoms with E-state index in [1.54, 1.807) is 24.3 Å². The highest BCUT2D eigenvalue weighted by molar-refractivity contribution is 5.72. The summed E-state index contributed by atoms with van der Waals surface area (Å²) >= 11 is 0. The normalized spacial score (nSPS) is 10.2. The summed E-state index contributed by atoms with van der Waals surface area (Å²) in [4.78, 5) is 23.3. The molecule has 0 bridgehead atoms. The van der Waals surface area contributed by atoms with Gasteiger partial charge in [-0.2, -0.15) is 0 Å². The molecular weight excluding hydrogens is 304 g/mol. The monoisotopic (exact) mass is 326 g/mol. The number of esters is 2. The topological polar surface area (TPSA) is 52.6 Å². The maximum atomic E-state index is 11.7. The minimum Gasteiger partial charge on any atom is -0.427 e. The smallest absolute Gasteiger partial charge is 0.311 e. The lowest BCUT2D eigenvalue weighted by molar-refractivity contribution is -0.135. The number of carbonyl (C=O) groups is 2. The second-order valence-corrected chi connectivity index (χ2v) is 5.49. The van der Waals surface area contributed by atoms with E-state index >= 15 is 0 Å². The fourth-order valence-electron chi connectivity index (χ4n) is 2.23. The van der Waals surface area contributed by atoms with Crippen molar-refractivity contribution in [2.75, 3.05) is 0 Å². The Kier molecular flexibility index (Phi) is 7.54. The lowest BCUT2D eigenvalue weighted by Gasteiger charge is -2.05. The standard InChI is InChI=1S/C20H22O4/c21-19(23-17-11-5-3-6-12-17)15-9-1-2-10-16-20(22)24-18-13-7-4-8-14-18/h3-8,11-14H,1-2,9-10,15-16H2. The zero-order valence-electron chi connectivity index (χ0n) is 13.6. The molecule has 2 aromatic rings. The molecule has 4 nitrogen and oxygen atoms in total. The van der Waals surface area contributed by atoms with E-state index < -0.39 is 0 Å². The molecule has 0 aliphatic carbocycles. The number of benzene rings is 2. The highest BCUT2D eigenvalue weighted by Gasteiger charge is 2.06. The minimum atomic E-state index is -0.218. The van der Waals surface area contributed by atoms with Crippen molar-refractivity contribution in [1.29, 1.82) is 0 Å². The van der Waals surface area contributed by atoms with Gasteiger partial charge in [0.15, 0.2) is 0 Å². The van der Waals surface area contributed by atoms with Gasteiger partial charge in [0.25, 0.3) is 0 Å². The van der Waals surface area contributed by atoms with Gasteiger partial charge in [-0.1, -0.05) is 49.2 Å². The van der Waals surface area contributed by atoms with E-state index in [9.17, 15) is 9.59 Å². The van der Waals surface area contributed by atoms with Gasteiger partial charge >= 0.3 is 11.9 Å². The molecule has 0 atom stereocenters. The first-order valence-corrected chi connectivity index (χ1v) is 8.25. The molecule has 0 heterocycles. The lowest BCUT2D eigenvalue weighted by Crippen LogP contribution is -2.08. The Balaban J connectivity index is 1.50. The Morgan fingerprint density at radius 1 is 0.583 bits per heavy atom. The first kappa shape index (κ1) is 17.7. The first-order chi connectivity index (χ1) is 11.7. The molecule has 0 unspecified atom stereocenters. The molecule has 2 rings (SSSR count). The van der Waals surface area contributed by atoms with Crippen molar-refractivity contribution in [3.05, 3.63) is 60.7 Å². The van der Waals surface area contributed by atoms with Crippen LogP contribution in [0.4, 0.5) is 0 Å². The highest BCUT2D eigenvalue weighted by Crippen LogP contribution is 2.13. The van der Waals surface area contributed by atoms with Crippen molar-refractivity contribution in [1.82, 2.24) is 0 Å². The first-order valence-electron chi connectivity index (χ1n) is 8.25. The van der Waals surface area contributed by atoms with Crippen LogP contribution in [0.2, 0.25) is 0 Å². The molecule has 0 spiro atoms. The number of hydrogen-bond donors (Lipinski definition) is 0. The Morgan fingerprint density at radius 3 is 1.33 bits per heavy atom. The maximum Gasteiger partial charge on any atom is 0.311 e. The van der Waals surface area contributed by atoms with Gasteiger partial charge < -0.3 is 9.47 Å². The van der Waals surface area contributed by atoms with Crippen molar-refractivity contribution in [3.63, 3.8) is 0 Å². The largest absolute Gasteiger partial charge is 0.427 e. The van der Waals surface area contributed by atoms with E-state index in [1.165, 1.54) is 0 Å². The number of ether oxygens (including phenoxy) is 2. The van der Waals surface area contributed by atoms with Gasteiger partial charge in [0, 0.05) is 12.8 Å². The highest BCUT2D eigenvalue weighted by atomic mass is 16.5. The lowest BCUT2D eigenvalue weighted by atomic mass is 10.1. The van der Waals surface area contributed by atoms with Crippen LogP contribution in [0.3, 0.4) is 0 Å². The number of rotatable bonds is 9. The second kappa shape index (κ2) is 10.2. The fraction of sp³-hybridized carbons (Fsp3) is 0.300. The van der Waals surface area contributed by atoms with Crippen molar-refractivity contribution in [2.24, 2.45) is 0 Å².